The highest BCUT2D eigenvalue weighted by Gasteiger charge is 2.22. The van der Waals surface area contributed by atoms with Gasteiger partial charge in [-0.05, 0) is 12.8 Å². The zero-order valence-corrected chi connectivity index (χ0v) is 8.32. The molecule has 1 fully saturated rings. The van der Waals surface area contributed by atoms with Crippen molar-refractivity contribution in [3.05, 3.63) is 0 Å². The SMILES string of the molecule is C#CCO.CCC1CCC(OC)O1. The first-order valence-corrected chi connectivity index (χ1v) is 4.51. The molecule has 1 aliphatic heterocycles. The maximum absolute atomic E-state index is 7.64. The summed E-state index contributed by atoms with van der Waals surface area (Å²) < 4.78 is 10.5. The quantitative estimate of drug-likeness (QED) is 0.658. The van der Waals surface area contributed by atoms with Crippen LogP contribution in [0.15, 0.2) is 0 Å². The van der Waals surface area contributed by atoms with Crippen molar-refractivity contribution in [3.63, 3.8) is 0 Å². The van der Waals surface area contributed by atoms with E-state index in [4.69, 9.17) is 14.6 Å². The molecule has 1 saturated heterocycles. The molecule has 1 N–H and O–H groups in total. The zero-order valence-electron chi connectivity index (χ0n) is 8.32. The third-order valence-electron chi connectivity index (χ3n) is 1.88. The Hall–Kier alpha value is -0.560. The lowest BCUT2D eigenvalue weighted by atomic mass is 10.2. The maximum Gasteiger partial charge on any atom is 0.157 e. The Morgan fingerprint density at radius 3 is 2.46 bits per heavy atom. The molecular formula is C10H18O3. The number of hydrogen-bond acceptors (Lipinski definition) is 3. The molecule has 0 saturated carbocycles. The molecule has 13 heavy (non-hydrogen) atoms. The predicted molar refractivity (Wildman–Crippen MR) is 51.1 cm³/mol. The Kier molecular flexibility index (Phi) is 7.71. The fourth-order valence-electron chi connectivity index (χ4n) is 1.15. The molecule has 3 heteroatoms. The van der Waals surface area contributed by atoms with Crippen LogP contribution in [0.4, 0.5) is 0 Å². The molecule has 0 aromatic rings. The molecule has 0 amide bonds. The summed E-state index contributed by atoms with van der Waals surface area (Å²) in [6.07, 6.45) is 8.40. The Labute approximate surface area is 80.0 Å². The minimum atomic E-state index is -0.153. The van der Waals surface area contributed by atoms with Gasteiger partial charge in [-0.3, -0.25) is 0 Å². The van der Waals surface area contributed by atoms with Gasteiger partial charge in [-0.25, -0.2) is 0 Å². The van der Waals surface area contributed by atoms with Crippen LogP contribution in [0.3, 0.4) is 0 Å². The predicted octanol–water partition coefficient (Wildman–Crippen LogP) is 1.16. The van der Waals surface area contributed by atoms with Crippen molar-refractivity contribution in [3.8, 4) is 12.3 Å². The van der Waals surface area contributed by atoms with E-state index in [0.29, 0.717) is 6.10 Å². The van der Waals surface area contributed by atoms with Gasteiger partial charge in [-0.1, -0.05) is 12.8 Å². The van der Waals surface area contributed by atoms with E-state index < -0.39 is 0 Å². The monoisotopic (exact) mass is 186 g/mol. The first kappa shape index (κ1) is 12.4. The third kappa shape index (κ3) is 5.64. The molecule has 0 aromatic carbocycles. The number of aliphatic hydroxyl groups excluding tert-OH is 1. The average Bonchev–Trinajstić information content (AvgIpc) is 2.66. The van der Waals surface area contributed by atoms with Crippen molar-refractivity contribution in [2.24, 2.45) is 0 Å². The molecular weight excluding hydrogens is 168 g/mol. The first-order valence-electron chi connectivity index (χ1n) is 4.51. The van der Waals surface area contributed by atoms with E-state index in [1.54, 1.807) is 7.11 Å². The fraction of sp³-hybridized carbons (Fsp3) is 0.800. The molecule has 2 unspecified atom stereocenters. The molecule has 0 aliphatic carbocycles. The van der Waals surface area contributed by atoms with E-state index in [1.165, 1.54) is 0 Å². The Balaban J connectivity index is 0.000000310. The highest BCUT2D eigenvalue weighted by Crippen LogP contribution is 2.21. The molecule has 1 rings (SSSR count). The van der Waals surface area contributed by atoms with Gasteiger partial charge in [0.1, 0.15) is 6.61 Å². The van der Waals surface area contributed by atoms with Crippen LogP contribution in [0.5, 0.6) is 0 Å². The number of ether oxygens (including phenoxy) is 2. The lowest BCUT2D eigenvalue weighted by Crippen LogP contribution is -2.11. The van der Waals surface area contributed by atoms with Crippen LogP contribution in [0, 0.1) is 12.3 Å². The molecule has 3 nitrogen and oxygen atoms in total. The summed E-state index contributed by atoms with van der Waals surface area (Å²) in [6, 6.07) is 0. The topological polar surface area (TPSA) is 38.7 Å². The summed E-state index contributed by atoms with van der Waals surface area (Å²) in [7, 11) is 1.70. The van der Waals surface area contributed by atoms with Gasteiger partial charge in [0.15, 0.2) is 6.29 Å². The zero-order chi connectivity index (χ0) is 10.1. The average molecular weight is 186 g/mol. The van der Waals surface area contributed by atoms with Gasteiger partial charge in [0.05, 0.1) is 6.10 Å². The first-order chi connectivity index (χ1) is 6.28. The lowest BCUT2D eigenvalue weighted by molar-refractivity contribution is -0.114. The molecule has 1 heterocycles. The van der Waals surface area contributed by atoms with Gasteiger partial charge in [0.25, 0.3) is 0 Å². The molecule has 0 radical (unpaired) electrons. The van der Waals surface area contributed by atoms with E-state index in [0.717, 1.165) is 19.3 Å². The molecule has 0 bridgehead atoms. The highest BCUT2D eigenvalue weighted by atomic mass is 16.7. The van der Waals surface area contributed by atoms with Gasteiger partial charge in [-0.2, -0.15) is 0 Å². The van der Waals surface area contributed by atoms with Crippen LogP contribution >= 0.6 is 0 Å². The smallest absolute Gasteiger partial charge is 0.157 e. The summed E-state index contributed by atoms with van der Waals surface area (Å²) in [5.41, 5.74) is 0. The van der Waals surface area contributed by atoms with Crippen LogP contribution in [0.25, 0.3) is 0 Å². The second kappa shape index (κ2) is 8.06. The van der Waals surface area contributed by atoms with Crippen molar-refractivity contribution in [2.45, 2.75) is 38.6 Å². The Morgan fingerprint density at radius 2 is 2.23 bits per heavy atom. The number of methoxy groups -OCH3 is 1. The van der Waals surface area contributed by atoms with E-state index in [1.807, 2.05) is 5.92 Å². The van der Waals surface area contributed by atoms with Gasteiger partial charge < -0.3 is 14.6 Å². The van der Waals surface area contributed by atoms with Crippen molar-refractivity contribution in [2.75, 3.05) is 13.7 Å². The van der Waals surface area contributed by atoms with Crippen LogP contribution in [-0.2, 0) is 9.47 Å². The summed E-state index contributed by atoms with van der Waals surface area (Å²) in [6.45, 7) is 1.99. The minimum absolute atomic E-state index is 0.0787. The van der Waals surface area contributed by atoms with Crippen molar-refractivity contribution in [1.29, 1.82) is 0 Å². The minimum Gasteiger partial charge on any atom is -0.384 e. The van der Waals surface area contributed by atoms with E-state index in [-0.39, 0.29) is 12.9 Å². The second-order valence-electron chi connectivity index (χ2n) is 2.77. The van der Waals surface area contributed by atoms with Gasteiger partial charge in [0.2, 0.25) is 0 Å². The van der Waals surface area contributed by atoms with Crippen molar-refractivity contribution in [1.82, 2.24) is 0 Å². The number of rotatable bonds is 2. The van der Waals surface area contributed by atoms with Gasteiger partial charge >= 0.3 is 0 Å². The third-order valence-corrected chi connectivity index (χ3v) is 1.88. The van der Waals surface area contributed by atoms with E-state index in [2.05, 4.69) is 13.3 Å². The number of hydrogen-bond donors (Lipinski definition) is 1. The van der Waals surface area contributed by atoms with Gasteiger partial charge in [0, 0.05) is 13.5 Å². The molecule has 0 aromatic heterocycles. The highest BCUT2D eigenvalue weighted by molar-refractivity contribution is 4.81. The van der Waals surface area contributed by atoms with Crippen LogP contribution < -0.4 is 0 Å². The molecule has 2 atom stereocenters. The number of aliphatic hydroxyl groups is 1. The molecule has 1 aliphatic rings. The van der Waals surface area contributed by atoms with Gasteiger partial charge in [-0.15, -0.1) is 6.42 Å². The number of terminal acetylenes is 1. The molecule has 0 spiro atoms. The second-order valence-corrected chi connectivity index (χ2v) is 2.77. The summed E-state index contributed by atoms with van der Waals surface area (Å²) in [5, 5.41) is 7.64. The van der Waals surface area contributed by atoms with E-state index >= 15 is 0 Å². The van der Waals surface area contributed by atoms with Crippen LogP contribution in [-0.4, -0.2) is 31.2 Å². The van der Waals surface area contributed by atoms with Crippen molar-refractivity contribution < 1.29 is 14.6 Å². The van der Waals surface area contributed by atoms with E-state index in [9.17, 15) is 0 Å². The summed E-state index contributed by atoms with van der Waals surface area (Å²) in [4.78, 5) is 0. The molecule has 76 valence electrons. The van der Waals surface area contributed by atoms with Crippen LogP contribution in [0.2, 0.25) is 0 Å². The normalized spacial score (nSPS) is 26.0. The Morgan fingerprint density at radius 1 is 1.62 bits per heavy atom. The standard InChI is InChI=1S/C7H14O2.C3H4O/c1-3-6-4-5-7(8-2)9-6;1-2-3-4/h6-7H,3-5H2,1-2H3;1,4H,3H2. The maximum atomic E-state index is 7.64. The van der Waals surface area contributed by atoms with Crippen LogP contribution in [0.1, 0.15) is 26.2 Å². The summed E-state index contributed by atoms with van der Waals surface area (Å²) in [5.74, 6) is 1.99. The van der Waals surface area contributed by atoms with Crippen molar-refractivity contribution >= 4 is 0 Å². The lowest BCUT2D eigenvalue weighted by Gasteiger charge is -2.09. The largest absolute Gasteiger partial charge is 0.384 e. The Bertz CT molecular complexity index is 141. The fourth-order valence-corrected chi connectivity index (χ4v) is 1.15. The summed E-state index contributed by atoms with van der Waals surface area (Å²) >= 11 is 0.